The average molecular weight is 294 g/mol. The van der Waals surface area contributed by atoms with Gasteiger partial charge in [-0.1, -0.05) is 12.1 Å². The molecule has 102 valence electrons. The van der Waals surface area contributed by atoms with E-state index in [0.29, 0.717) is 0 Å². The van der Waals surface area contributed by atoms with Crippen LogP contribution >= 0.6 is 23.1 Å². The molecule has 2 aromatic rings. The minimum absolute atomic E-state index is 0.752. The first kappa shape index (κ1) is 14.5. The molecule has 0 aliphatic rings. The van der Waals surface area contributed by atoms with Crippen LogP contribution in [0.15, 0.2) is 40.1 Å². The van der Waals surface area contributed by atoms with Crippen LogP contribution in [0.5, 0.6) is 0 Å². The second kappa shape index (κ2) is 8.32. The largest absolute Gasteiger partial charge is 0.383 e. The first-order chi connectivity index (χ1) is 9.38. The first-order valence-electron chi connectivity index (χ1n) is 6.17. The van der Waals surface area contributed by atoms with Gasteiger partial charge in [-0.2, -0.15) is 0 Å². The lowest BCUT2D eigenvalue weighted by Crippen LogP contribution is -2.18. The molecule has 0 spiro atoms. The third kappa shape index (κ3) is 5.32. The van der Waals surface area contributed by atoms with Gasteiger partial charge >= 0.3 is 0 Å². The van der Waals surface area contributed by atoms with Gasteiger partial charge in [0.25, 0.3) is 0 Å². The zero-order valence-corrected chi connectivity index (χ0v) is 12.6. The summed E-state index contributed by atoms with van der Waals surface area (Å²) in [6.45, 7) is 2.53. The van der Waals surface area contributed by atoms with Crippen molar-refractivity contribution in [1.82, 2.24) is 10.3 Å². The molecule has 0 aliphatic heterocycles. The van der Waals surface area contributed by atoms with Crippen molar-refractivity contribution in [3.8, 4) is 0 Å². The predicted octanol–water partition coefficient (Wildman–Crippen LogP) is 3.17. The molecular formula is C14H18N2OS2. The maximum absolute atomic E-state index is 5.00. The monoisotopic (exact) mass is 294 g/mol. The molecule has 2 rings (SSSR count). The van der Waals surface area contributed by atoms with E-state index in [1.54, 1.807) is 18.4 Å². The van der Waals surface area contributed by atoms with Crippen LogP contribution in [0, 0.1) is 0 Å². The fraction of sp³-hybridized carbons (Fsp3) is 0.357. The Morgan fingerprint density at radius 1 is 1.32 bits per heavy atom. The van der Waals surface area contributed by atoms with E-state index in [-0.39, 0.29) is 0 Å². The van der Waals surface area contributed by atoms with Gasteiger partial charge in [-0.3, -0.25) is 0 Å². The minimum Gasteiger partial charge on any atom is -0.383 e. The van der Waals surface area contributed by atoms with Gasteiger partial charge in [0.05, 0.1) is 17.8 Å². The fourth-order valence-electron chi connectivity index (χ4n) is 1.58. The number of nitrogens with one attached hydrogen (secondary N) is 1. The third-order valence-corrected chi connectivity index (χ3v) is 4.29. The van der Waals surface area contributed by atoms with E-state index in [2.05, 4.69) is 39.9 Å². The van der Waals surface area contributed by atoms with Crippen molar-refractivity contribution in [1.29, 1.82) is 0 Å². The Morgan fingerprint density at radius 3 is 2.84 bits per heavy atom. The number of thioether (sulfide) groups is 1. The number of thiazole rings is 1. The van der Waals surface area contributed by atoms with E-state index in [1.165, 1.54) is 10.5 Å². The Balaban J connectivity index is 1.74. The van der Waals surface area contributed by atoms with Crippen molar-refractivity contribution in [3.63, 3.8) is 0 Å². The molecule has 1 aromatic carbocycles. The summed E-state index contributed by atoms with van der Waals surface area (Å²) in [4.78, 5) is 5.57. The Bertz CT molecular complexity index is 457. The molecule has 0 amide bonds. The number of nitrogens with zero attached hydrogens (tertiary/aromatic N) is 1. The lowest BCUT2D eigenvalue weighted by Gasteiger charge is -2.05. The van der Waals surface area contributed by atoms with Gasteiger partial charge in [0.2, 0.25) is 0 Å². The van der Waals surface area contributed by atoms with Crippen LogP contribution in [0.2, 0.25) is 0 Å². The normalized spacial score (nSPS) is 10.8. The standard InChI is InChI=1S/C14H18N2OS2/c1-17-7-6-15-8-12-2-4-14(5-3-12)19-10-13-9-18-11-16-13/h2-5,9,11,15H,6-8,10H2,1H3. The summed E-state index contributed by atoms with van der Waals surface area (Å²) in [5.41, 5.74) is 4.33. The highest BCUT2D eigenvalue weighted by Gasteiger charge is 1.99. The van der Waals surface area contributed by atoms with Crippen LogP contribution in [0.3, 0.4) is 0 Å². The second-order valence-electron chi connectivity index (χ2n) is 4.08. The molecule has 5 heteroatoms. The lowest BCUT2D eigenvalue weighted by molar-refractivity contribution is 0.199. The van der Waals surface area contributed by atoms with Crippen LogP contribution in [-0.4, -0.2) is 25.2 Å². The number of hydrogen-bond acceptors (Lipinski definition) is 5. The van der Waals surface area contributed by atoms with Crippen molar-refractivity contribution in [2.75, 3.05) is 20.3 Å². The maximum atomic E-state index is 5.00. The molecule has 1 N–H and O–H groups in total. The highest BCUT2D eigenvalue weighted by Crippen LogP contribution is 2.22. The quantitative estimate of drug-likeness (QED) is 0.599. The summed E-state index contributed by atoms with van der Waals surface area (Å²) in [5, 5.41) is 5.43. The van der Waals surface area contributed by atoms with Crippen molar-refractivity contribution < 1.29 is 4.74 Å². The molecule has 0 bridgehead atoms. The average Bonchev–Trinajstić information content (AvgIpc) is 2.96. The SMILES string of the molecule is COCCNCc1ccc(SCc2cscn2)cc1. The Kier molecular flexibility index (Phi) is 6.36. The van der Waals surface area contributed by atoms with Gasteiger partial charge in [0.1, 0.15) is 0 Å². The van der Waals surface area contributed by atoms with Gasteiger partial charge in [0, 0.05) is 36.2 Å². The number of aromatic nitrogens is 1. The smallest absolute Gasteiger partial charge is 0.0795 e. The van der Waals surface area contributed by atoms with Crippen molar-refractivity contribution in [2.24, 2.45) is 0 Å². The van der Waals surface area contributed by atoms with E-state index in [0.717, 1.165) is 31.1 Å². The highest BCUT2D eigenvalue weighted by molar-refractivity contribution is 7.98. The topological polar surface area (TPSA) is 34.1 Å². The fourth-order valence-corrected chi connectivity index (χ4v) is 3.04. The molecule has 1 aromatic heterocycles. The zero-order valence-electron chi connectivity index (χ0n) is 11.0. The van der Waals surface area contributed by atoms with Crippen LogP contribution in [0.1, 0.15) is 11.3 Å². The molecular weight excluding hydrogens is 276 g/mol. The number of hydrogen-bond donors (Lipinski definition) is 1. The molecule has 19 heavy (non-hydrogen) atoms. The Morgan fingerprint density at radius 2 is 2.16 bits per heavy atom. The first-order valence-corrected chi connectivity index (χ1v) is 8.10. The van der Waals surface area contributed by atoms with Crippen LogP contribution < -0.4 is 5.32 Å². The van der Waals surface area contributed by atoms with Crippen LogP contribution in [0.25, 0.3) is 0 Å². The van der Waals surface area contributed by atoms with Crippen LogP contribution in [-0.2, 0) is 17.0 Å². The summed E-state index contributed by atoms with van der Waals surface area (Å²) >= 11 is 3.47. The molecule has 0 atom stereocenters. The summed E-state index contributed by atoms with van der Waals surface area (Å²) in [7, 11) is 1.72. The van der Waals surface area contributed by atoms with Gasteiger partial charge < -0.3 is 10.1 Å². The number of benzene rings is 1. The number of ether oxygens (including phenoxy) is 1. The molecule has 0 saturated heterocycles. The van der Waals surface area contributed by atoms with E-state index < -0.39 is 0 Å². The number of rotatable bonds is 8. The third-order valence-electron chi connectivity index (χ3n) is 2.61. The van der Waals surface area contributed by atoms with E-state index in [4.69, 9.17) is 4.74 Å². The van der Waals surface area contributed by atoms with E-state index in [1.807, 2.05) is 17.3 Å². The molecule has 3 nitrogen and oxygen atoms in total. The summed E-state index contributed by atoms with van der Waals surface area (Å²) in [6, 6.07) is 8.68. The molecule has 0 radical (unpaired) electrons. The molecule has 0 aliphatic carbocycles. The molecule has 0 fully saturated rings. The van der Waals surface area contributed by atoms with Crippen molar-refractivity contribution in [3.05, 3.63) is 46.4 Å². The molecule has 0 unspecified atom stereocenters. The summed E-state index contributed by atoms with van der Waals surface area (Å²) < 4.78 is 5.00. The maximum Gasteiger partial charge on any atom is 0.0795 e. The zero-order chi connectivity index (χ0) is 13.3. The van der Waals surface area contributed by atoms with Crippen molar-refractivity contribution >= 4 is 23.1 Å². The molecule has 1 heterocycles. The Hall–Kier alpha value is -0.880. The Labute approximate surface area is 122 Å². The highest BCUT2D eigenvalue weighted by atomic mass is 32.2. The van der Waals surface area contributed by atoms with Gasteiger partial charge in [-0.25, -0.2) is 4.98 Å². The van der Waals surface area contributed by atoms with E-state index >= 15 is 0 Å². The number of methoxy groups -OCH3 is 1. The van der Waals surface area contributed by atoms with E-state index in [9.17, 15) is 0 Å². The summed E-state index contributed by atoms with van der Waals surface area (Å²) in [5.74, 6) is 0.939. The summed E-state index contributed by atoms with van der Waals surface area (Å²) in [6.07, 6.45) is 0. The van der Waals surface area contributed by atoms with Gasteiger partial charge in [-0.05, 0) is 17.7 Å². The van der Waals surface area contributed by atoms with Crippen LogP contribution in [0.4, 0.5) is 0 Å². The second-order valence-corrected chi connectivity index (χ2v) is 5.85. The van der Waals surface area contributed by atoms with Gasteiger partial charge in [0.15, 0.2) is 0 Å². The minimum atomic E-state index is 0.752. The van der Waals surface area contributed by atoms with Gasteiger partial charge in [-0.15, -0.1) is 23.1 Å². The predicted molar refractivity (Wildman–Crippen MR) is 81.7 cm³/mol. The van der Waals surface area contributed by atoms with Crippen molar-refractivity contribution in [2.45, 2.75) is 17.2 Å². The lowest BCUT2D eigenvalue weighted by atomic mass is 10.2. The molecule has 0 saturated carbocycles.